The Morgan fingerprint density at radius 1 is 1.24 bits per heavy atom. The van der Waals surface area contributed by atoms with Gasteiger partial charge in [-0.15, -0.1) is 0 Å². The van der Waals surface area contributed by atoms with Gasteiger partial charge in [-0.05, 0) is 18.4 Å². The molecule has 1 aromatic carbocycles. The van der Waals surface area contributed by atoms with Crippen molar-refractivity contribution in [3.8, 4) is 0 Å². The number of hydrogen-bond donors (Lipinski definition) is 3. The first-order chi connectivity index (χ1) is 10.1. The maximum absolute atomic E-state index is 12.4. The van der Waals surface area contributed by atoms with Crippen LogP contribution >= 0.6 is 0 Å². The average molecular weight is 290 g/mol. The van der Waals surface area contributed by atoms with E-state index in [-0.39, 0.29) is 18.9 Å². The van der Waals surface area contributed by atoms with Crippen LogP contribution < -0.4 is 11.1 Å². The van der Waals surface area contributed by atoms with Gasteiger partial charge in [-0.2, -0.15) is 0 Å². The van der Waals surface area contributed by atoms with Crippen molar-refractivity contribution in [3.63, 3.8) is 0 Å². The zero-order valence-corrected chi connectivity index (χ0v) is 12.0. The molecular formula is C16H22N2O3. The van der Waals surface area contributed by atoms with Crippen LogP contribution in [0.3, 0.4) is 0 Å². The highest BCUT2D eigenvalue weighted by Crippen LogP contribution is 2.37. The van der Waals surface area contributed by atoms with E-state index >= 15 is 0 Å². The highest BCUT2D eigenvalue weighted by atomic mass is 16.4. The first-order valence-corrected chi connectivity index (χ1v) is 7.35. The van der Waals surface area contributed by atoms with E-state index < -0.39 is 17.4 Å². The topological polar surface area (TPSA) is 92.4 Å². The van der Waals surface area contributed by atoms with E-state index in [1.54, 1.807) is 0 Å². The number of amides is 1. The monoisotopic (exact) mass is 290 g/mol. The van der Waals surface area contributed by atoms with E-state index in [0.717, 1.165) is 31.2 Å². The van der Waals surface area contributed by atoms with Gasteiger partial charge in [-0.1, -0.05) is 43.2 Å². The summed E-state index contributed by atoms with van der Waals surface area (Å²) in [5.74, 6) is -1.23. The van der Waals surface area contributed by atoms with Crippen LogP contribution in [0.5, 0.6) is 0 Å². The molecule has 1 aliphatic carbocycles. The summed E-state index contributed by atoms with van der Waals surface area (Å²) in [6.07, 6.45) is 3.71. The number of nitrogens with two attached hydrogens (primary N) is 1. The van der Waals surface area contributed by atoms with Crippen LogP contribution in [0.25, 0.3) is 0 Å². The Labute approximate surface area is 124 Å². The van der Waals surface area contributed by atoms with E-state index in [2.05, 4.69) is 5.32 Å². The maximum Gasteiger partial charge on any atom is 0.326 e. The molecule has 1 atom stereocenters. The number of carboxylic acids is 1. The number of rotatable bonds is 6. The van der Waals surface area contributed by atoms with E-state index in [1.807, 2.05) is 30.3 Å². The molecule has 0 spiro atoms. The van der Waals surface area contributed by atoms with Crippen molar-refractivity contribution in [1.82, 2.24) is 5.32 Å². The molecule has 0 saturated heterocycles. The number of carboxylic acid groups (broad SMARTS) is 1. The van der Waals surface area contributed by atoms with Gasteiger partial charge in [-0.3, -0.25) is 4.79 Å². The van der Waals surface area contributed by atoms with Gasteiger partial charge in [-0.25, -0.2) is 4.79 Å². The molecule has 0 aromatic heterocycles. The van der Waals surface area contributed by atoms with Gasteiger partial charge in [0.25, 0.3) is 0 Å². The number of hydrogen-bond acceptors (Lipinski definition) is 3. The molecule has 0 aliphatic heterocycles. The number of nitrogens with one attached hydrogen (secondary N) is 1. The molecule has 1 aromatic rings. The van der Waals surface area contributed by atoms with Gasteiger partial charge >= 0.3 is 5.97 Å². The van der Waals surface area contributed by atoms with Crippen LogP contribution in [0.1, 0.15) is 31.2 Å². The van der Waals surface area contributed by atoms with Crippen LogP contribution in [0.2, 0.25) is 0 Å². The number of carbonyl (C=O) groups excluding carboxylic acids is 1. The second kappa shape index (κ2) is 6.72. The van der Waals surface area contributed by atoms with E-state index in [0.29, 0.717) is 0 Å². The SMILES string of the molecule is NCC1(C(=O)NC(Cc2ccccc2)C(=O)O)CCCC1. The van der Waals surface area contributed by atoms with Gasteiger partial charge in [0.1, 0.15) is 6.04 Å². The van der Waals surface area contributed by atoms with Crippen molar-refractivity contribution in [2.24, 2.45) is 11.1 Å². The van der Waals surface area contributed by atoms with Crippen LogP contribution in [-0.4, -0.2) is 29.6 Å². The molecular weight excluding hydrogens is 268 g/mol. The van der Waals surface area contributed by atoms with Gasteiger partial charge in [0.2, 0.25) is 5.91 Å². The van der Waals surface area contributed by atoms with Crippen molar-refractivity contribution in [1.29, 1.82) is 0 Å². The first-order valence-electron chi connectivity index (χ1n) is 7.35. The lowest BCUT2D eigenvalue weighted by molar-refractivity contribution is -0.143. The molecule has 1 saturated carbocycles. The second-order valence-corrected chi connectivity index (χ2v) is 5.75. The maximum atomic E-state index is 12.4. The third kappa shape index (κ3) is 3.61. The van der Waals surface area contributed by atoms with Crippen molar-refractivity contribution < 1.29 is 14.7 Å². The molecule has 4 N–H and O–H groups in total. The van der Waals surface area contributed by atoms with Crippen LogP contribution in [0, 0.1) is 5.41 Å². The lowest BCUT2D eigenvalue weighted by Crippen LogP contribution is -2.51. The number of benzene rings is 1. The largest absolute Gasteiger partial charge is 0.480 e. The summed E-state index contributed by atoms with van der Waals surface area (Å²) in [6.45, 7) is 0.274. The van der Waals surface area contributed by atoms with E-state index in [9.17, 15) is 14.7 Å². The normalized spacial score (nSPS) is 18.1. The van der Waals surface area contributed by atoms with Crippen molar-refractivity contribution >= 4 is 11.9 Å². The lowest BCUT2D eigenvalue weighted by atomic mass is 9.85. The Morgan fingerprint density at radius 3 is 2.38 bits per heavy atom. The third-order valence-corrected chi connectivity index (χ3v) is 4.32. The fourth-order valence-corrected chi connectivity index (χ4v) is 2.94. The minimum Gasteiger partial charge on any atom is -0.480 e. The molecule has 0 radical (unpaired) electrons. The quantitative estimate of drug-likeness (QED) is 0.736. The van der Waals surface area contributed by atoms with Crippen LogP contribution in [-0.2, 0) is 16.0 Å². The van der Waals surface area contributed by atoms with Crippen LogP contribution in [0.4, 0.5) is 0 Å². The van der Waals surface area contributed by atoms with E-state index in [4.69, 9.17) is 5.73 Å². The van der Waals surface area contributed by atoms with Gasteiger partial charge in [0.05, 0.1) is 5.41 Å². The van der Waals surface area contributed by atoms with Crippen LogP contribution in [0.15, 0.2) is 30.3 Å². The summed E-state index contributed by atoms with van der Waals surface area (Å²) in [5, 5.41) is 12.0. The molecule has 1 unspecified atom stereocenters. The van der Waals surface area contributed by atoms with Crippen molar-refractivity contribution in [2.75, 3.05) is 6.54 Å². The number of aliphatic carboxylic acids is 1. The van der Waals surface area contributed by atoms with Gasteiger partial charge in [0.15, 0.2) is 0 Å². The fourth-order valence-electron chi connectivity index (χ4n) is 2.94. The summed E-state index contributed by atoms with van der Waals surface area (Å²) in [7, 11) is 0. The summed E-state index contributed by atoms with van der Waals surface area (Å²) >= 11 is 0. The Kier molecular flexibility index (Phi) is 4.96. The molecule has 1 fully saturated rings. The van der Waals surface area contributed by atoms with Crippen molar-refractivity contribution in [3.05, 3.63) is 35.9 Å². The Morgan fingerprint density at radius 2 is 1.86 bits per heavy atom. The molecule has 5 nitrogen and oxygen atoms in total. The Bertz CT molecular complexity index is 496. The van der Waals surface area contributed by atoms with Gasteiger partial charge < -0.3 is 16.2 Å². The average Bonchev–Trinajstić information content (AvgIpc) is 2.97. The molecule has 0 heterocycles. The number of carbonyl (C=O) groups is 2. The standard InChI is InChI=1S/C16H22N2O3/c17-11-16(8-4-5-9-16)15(21)18-13(14(19)20)10-12-6-2-1-3-7-12/h1-3,6-7,13H,4-5,8-11,17H2,(H,18,21)(H,19,20). The smallest absolute Gasteiger partial charge is 0.326 e. The minimum absolute atomic E-state index is 0.217. The first kappa shape index (κ1) is 15.5. The minimum atomic E-state index is -1.02. The molecule has 114 valence electrons. The molecule has 2 rings (SSSR count). The summed E-state index contributed by atoms with van der Waals surface area (Å²) in [6, 6.07) is 8.39. The molecule has 5 heteroatoms. The molecule has 1 amide bonds. The van der Waals surface area contributed by atoms with E-state index in [1.165, 1.54) is 0 Å². The zero-order valence-electron chi connectivity index (χ0n) is 12.0. The summed E-state index contributed by atoms with van der Waals surface area (Å²) in [5.41, 5.74) is 6.07. The highest BCUT2D eigenvalue weighted by molar-refractivity contribution is 5.88. The Hall–Kier alpha value is -1.88. The van der Waals surface area contributed by atoms with Gasteiger partial charge in [0, 0.05) is 13.0 Å². The Balaban J connectivity index is 2.06. The third-order valence-electron chi connectivity index (χ3n) is 4.32. The molecule has 21 heavy (non-hydrogen) atoms. The highest BCUT2D eigenvalue weighted by Gasteiger charge is 2.41. The summed E-state index contributed by atoms with van der Waals surface area (Å²) < 4.78 is 0. The molecule has 0 bridgehead atoms. The fraction of sp³-hybridized carbons (Fsp3) is 0.500. The zero-order chi connectivity index (χ0) is 15.3. The lowest BCUT2D eigenvalue weighted by Gasteiger charge is -2.27. The molecule has 1 aliphatic rings. The predicted molar refractivity (Wildman–Crippen MR) is 79.7 cm³/mol. The summed E-state index contributed by atoms with van der Waals surface area (Å²) in [4.78, 5) is 23.8. The van der Waals surface area contributed by atoms with Crippen molar-refractivity contribution in [2.45, 2.75) is 38.1 Å². The predicted octanol–water partition coefficient (Wildman–Crippen LogP) is 1.32. The second-order valence-electron chi connectivity index (χ2n) is 5.75.